The summed E-state index contributed by atoms with van der Waals surface area (Å²) >= 11 is 0. The molecule has 0 aliphatic heterocycles. The molecule has 1 unspecified atom stereocenters. The summed E-state index contributed by atoms with van der Waals surface area (Å²) < 4.78 is 0. The fraction of sp³-hybridized carbons (Fsp3) is 0.917. The van der Waals surface area contributed by atoms with Crippen LogP contribution in [0.1, 0.15) is 46.0 Å². The van der Waals surface area contributed by atoms with Crippen molar-refractivity contribution in [3.05, 3.63) is 0 Å². The molecule has 3 heteroatoms. The Balaban J connectivity index is 2.00. The van der Waals surface area contributed by atoms with Crippen LogP contribution in [0.2, 0.25) is 0 Å². The van der Waals surface area contributed by atoms with Gasteiger partial charge in [-0.05, 0) is 50.0 Å². The second-order valence-corrected chi connectivity index (χ2v) is 6.11. The summed E-state index contributed by atoms with van der Waals surface area (Å²) in [7, 11) is 0. The molecule has 15 heavy (non-hydrogen) atoms. The first-order valence-corrected chi connectivity index (χ1v) is 5.99. The lowest BCUT2D eigenvalue weighted by Gasteiger charge is -2.29. The van der Waals surface area contributed by atoms with E-state index in [4.69, 9.17) is 5.73 Å². The molecule has 3 nitrogen and oxygen atoms in total. The summed E-state index contributed by atoms with van der Waals surface area (Å²) in [6, 6.07) is 0. The number of primary amides is 1. The monoisotopic (exact) mass is 210 g/mol. The van der Waals surface area contributed by atoms with E-state index in [1.807, 2.05) is 0 Å². The van der Waals surface area contributed by atoms with E-state index in [-0.39, 0.29) is 11.3 Å². The molecule has 0 aromatic rings. The first kappa shape index (κ1) is 10.9. The Bertz CT molecular complexity index is 271. The maximum Gasteiger partial charge on any atom is 0.237 e. The van der Waals surface area contributed by atoms with Crippen molar-refractivity contribution in [2.24, 2.45) is 17.1 Å². The summed E-state index contributed by atoms with van der Waals surface area (Å²) in [4.78, 5) is 11.6. The van der Waals surface area contributed by atoms with Gasteiger partial charge < -0.3 is 11.1 Å². The molecule has 0 saturated heterocycles. The minimum absolute atomic E-state index is 0.159. The SMILES string of the molecule is CC1(C)CCC(NCC2CC2)(C(N)=O)C1. The third-order valence-corrected chi connectivity index (χ3v) is 3.91. The molecule has 1 amide bonds. The molecular formula is C12H22N2O. The van der Waals surface area contributed by atoms with E-state index >= 15 is 0 Å². The number of rotatable bonds is 4. The lowest BCUT2D eigenvalue weighted by molar-refractivity contribution is -0.124. The molecule has 0 spiro atoms. The first-order chi connectivity index (χ1) is 6.94. The van der Waals surface area contributed by atoms with Gasteiger partial charge >= 0.3 is 0 Å². The summed E-state index contributed by atoms with van der Waals surface area (Å²) in [5, 5.41) is 3.44. The third kappa shape index (κ3) is 2.33. The zero-order valence-corrected chi connectivity index (χ0v) is 9.81. The van der Waals surface area contributed by atoms with Crippen molar-refractivity contribution < 1.29 is 4.79 Å². The van der Waals surface area contributed by atoms with Crippen molar-refractivity contribution in [2.75, 3.05) is 6.54 Å². The second-order valence-electron chi connectivity index (χ2n) is 6.11. The molecule has 86 valence electrons. The average Bonchev–Trinajstić information content (AvgIpc) is 2.89. The predicted molar refractivity (Wildman–Crippen MR) is 60.3 cm³/mol. The lowest BCUT2D eigenvalue weighted by Crippen LogP contribution is -2.54. The van der Waals surface area contributed by atoms with Crippen molar-refractivity contribution >= 4 is 5.91 Å². The van der Waals surface area contributed by atoms with E-state index in [0.717, 1.165) is 31.7 Å². The van der Waals surface area contributed by atoms with Gasteiger partial charge in [0.15, 0.2) is 0 Å². The highest BCUT2D eigenvalue weighted by atomic mass is 16.1. The van der Waals surface area contributed by atoms with Gasteiger partial charge in [-0.15, -0.1) is 0 Å². The largest absolute Gasteiger partial charge is 0.368 e. The van der Waals surface area contributed by atoms with E-state index < -0.39 is 5.54 Å². The number of amides is 1. The Kier molecular flexibility index (Phi) is 2.53. The maximum atomic E-state index is 11.6. The normalized spacial score (nSPS) is 34.3. The van der Waals surface area contributed by atoms with Gasteiger partial charge in [0, 0.05) is 0 Å². The van der Waals surface area contributed by atoms with Crippen molar-refractivity contribution in [3.8, 4) is 0 Å². The van der Waals surface area contributed by atoms with Gasteiger partial charge in [0.25, 0.3) is 0 Å². The van der Waals surface area contributed by atoms with Crippen LogP contribution in [0.15, 0.2) is 0 Å². The van der Waals surface area contributed by atoms with Gasteiger partial charge in [0.2, 0.25) is 5.91 Å². The fourth-order valence-electron chi connectivity index (χ4n) is 2.66. The van der Waals surface area contributed by atoms with Gasteiger partial charge in [0.05, 0.1) is 5.54 Å². The molecule has 0 aromatic carbocycles. The fourth-order valence-corrected chi connectivity index (χ4v) is 2.66. The van der Waals surface area contributed by atoms with E-state index in [0.29, 0.717) is 0 Å². The molecule has 2 aliphatic carbocycles. The summed E-state index contributed by atoms with van der Waals surface area (Å²) in [6.07, 6.45) is 5.51. The van der Waals surface area contributed by atoms with Crippen LogP contribution < -0.4 is 11.1 Å². The Hall–Kier alpha value is -0.570. The van der Waals surface area contributed by atoms with Crippen LogP contribution in [-0.2, 0) is 4.79 Å². The molecule has 2 fully saturated rings. The summed E-state index contributed by atoms with van der Waals surface area (Å²) in [5.41, 5.74) is 5.40. The zero-order chi connectivity index (χ0) is 11.1. The molecule has 2 rings (SSSR count). The minimum Gasteiger partial charge on any atom is -0.368 e. The van der Waals surface area contributed by atoms with Crippen molar-refractivity contribution in [2.45, 2.75) is 51.5 Å². The van der Waals surface area contributed by atoms with Crippen LogP contribution >= 0.6 is 0 Å². The number of carbonyl (C=O) groups is 1. The molecule has 0 bridgehead atoms. The van der Waals surface area contributed by atoms with E-state index in [9.17, 15) is 4.79 Å². The van der Waals surface area contributed by atoms with Crippen LogP contribution in [0.5, 0.6) is 0 Å². The average molecular weight is 210 g/mol. The Labute approximate surface area is 91.8 Å². The zero-order valence-electron chi connectivity index (χ0n) is 9.81. The molecule has 0 radical (unpaired) electrons. The highest BCUT2D eigenvalue weighted by Gasteiger charge is 2.47. The Morgan fingerprint density at radius 2 is 2.07 bits per heavy atom. The van der Waals surface area contributed by atoms with E-state index in [2.05, 4.69) is 19.2 Å². The maximum absolute atomic E-state index is 11.6. The van der Waals surface area contributed by atoms with Crippen molar-refractivity contribution in [1.29, 1.82) is 0 Å². The molecule has 2 saturated carbocycles. The smallest absolute Gasteiger partial charge is 0.237 e. The van der Waals surface area contributed by atoms with Gasteiger partial charge in [-0.2, -0.15) is 0 Å². The molecule has 3 N–H and O–H groups in total. The third-order valence-electron chi connectivity index (χ3n) is 3.91. The number of carbonyl (C=O) groups excluding carboxylic acids is 1. The van der Waals surface area contributed by atoms with Crippen LogP contribution in [0.3, 0.4) is 0 Å². The van der Waals surface area contributed by atoms with Gasteiger partial charge in [0.1, 0.15) is 0 Å². The standard InChI is InChI=1S/C12H22N2O/c1-11(2)5-6-12(8-11,10(13)15)14-7-9-3-4-9/h9,14H,3-8H2,1-2H3,(H2,13,15). The predicted octanol–water partition coefficient (Wildman–Crippen LogP) is 1.42. The topological polar surface area (TPSA) is 55.1 Å². The number of hydrogen-bond acceptors (Lipinski definition) is 2. The Morgan fingerprint density at radius 3 is 2.47 bits per heavy atom. The molecule has 0 aromatic heterocycles. The highest BCUT2D eigenvalue weighted by Crippen LogP contribution is 2.44. The van der Waals surface area contributed by atoms with Crippen LogP contribution in [-0.4, -0.2) is 18.0 Å². The van der Waals surface area contributed by atoms with Crippen molar-refractivity contribution in [3.63, 3.8) is 0 Å². The Morgan fingerprint density at radius 1 is 1.40 bits per heavy atom. The lowest BCUT2D eigenvalue weighted by atomic mass is 9.87. The van der Waals surface area contributed by atoms with E-state index in [1.165, 1.54) is 12.8 Å². The number of nitrogens with two attached hydrogens (primary N) is 1. The molecule has 1 atom stereocenters. The summed E-state index contributed by atoms with van der Waals surface area (Å²) in [6.45, 7) is 5.41. The highest BCUT2D eigenvalue weighted by molar-refractivity contribution is 5.85. The summed E-state index contributed by atoms with van der Waals surface area (Å²) in [5.74, 6) is 0.638. The van der Waals surface area contributed by atoms with Crippen molar-refractivity contribution in [1.82, 2.24) is 5.32 Å². The number of nitrogens with one attached hydrogen (secondary N) is 1. The van der Waals surface area contributed by atoms with Gasteiger partial charge in [-0.3, -0.25) is 4.79 Å². The molecule has 0 heterocycles. The van der Waals surface area contributed by atoms with Crippen LogP contribution in [0, 0.1) is 11.3 Å². The minimum atomic E-state index is -0.411. The second kappa shape index (κ2) is 3.48. The molecular weight excluding hydrogens is 188 g/mol. The van der Waals surface area contributed by atoms with Crippen LogP contribution in [0.4, 0.5) is 0 Å². The van der Waals surface area contributed by atoms with Crippen LogP contribution in [0.25, 0.3) is 0 Å². The van der Waals surface area contributed by atoms with Gasteiger partial charge in [-0.1, -0.05) is 13.8 Å². The first-order valence-electron chi connectivity index (χ1n) is 5.99. The molecule has 2 aliphatic rings. The quantitative estimate of drug-likeness (QED) is 0.737. The van der Waals surface area contributed by atoms with E-state index in [1.54, 1.807) is 0 Å². The number of hydrogen-bond donors (Lipinski definition) is 2. The van der Waals surface area contributed by atoms with Gasteiger partial charge in [-0.25, -0.2) is 0 Å².